The molecule has 1 heterocycles. The number of amides is 1. The van der Waals surface area contributed by atoms with Gasteiger partial charge >= 0.3 is 0 Å². The van der Waals surface area contributed by atoms with E-state index in [0.717, 1.165) is 24.9 Å². The van der Waals surface area contributed by atoms with Crippen LogP contribution in [0.25, 0.3) is 0 Å². The van der Waals surface area contributed by atoms with Gasteiger partial charge in [0, 0.05) is 12.6 Å². The summed E-state index contributed by atoms with van der Waals surface area (Å²) in [4.78, 5) is 13.3. The van der Waals surface area contributed by atoms with Gasteiger partial charge in [-0.1, -0.05) is 30.3 Å². The zero-order chi connectivity index (χ0) is 14.5. The Labute approximate surface area is 119 Å². The van der Waals surface area contributed by atoms with Gasteiger partial charge in [0.25, 0.3) is 0 Å². The quantitative estimate of drug-likeness (QED) is 0.675. The van der Waals surface area contributed by atoms with E-state index in [1.54, 1.807) is 0 Å². The first kappa shape index (κ1) is 15.0. The van der Waals surface area contributed by atoms with Crippen LogP contribution in [0.15, 0.2) is 30.3 Å². The van der Waals surface area contributed by atoms with Gasteiger partial charge in [0.05, 0.1) is 12.1 Å². The number of benzene rings is 1. The van der Waals surface area contributed by atoms with Gasteiger partial charge in [-0.3, -0.25) is 9.69 Å². The topological polar surface area (TPSA) is 92.6 Å². The van der Waals surface area contributed by atoms with Crippen molar-refractivity contribution in [3.63, 3.8) is 0 Å². The summed E-state index contributed by atoms with van der Waals surface area (Å²) in [5.74, 6) is -0.314. The molecule has 5 heteroatoms. The molecule has 110 valence electrons. The smallest absolute Gasteiger partial charge is 0.234 e. The number of aliphatic hydroxyl groups excluding tert-OH is 1. The van der Waals surface area contributed by atoms with Gasteiger partial charge in [0.2, 0.25) is 5.91 Å². The SMILES string of the molecule is NC(=O)C1CCCN1CC(O)C(N)Cc1ccccc1. The first-order chi connectivity index (χ1) is 9.58. The molecule has 0 aliphatic carbocycles. The number of hydrogen-bond donors (Lipinski definition) is 3. The zero-order valence-electron chi connectivity index (χ0n) is 11.6. The van der Waals surface area contributed by atoms with Crippen molar-refractivity contribution in [1.82, 2.24) is 4.90 Å². The van der Waals surface area contributed by atoms with Gasteiger partial charge in [-0.25, -0.2) is 0 Å². The highest BCUT2D eigenvalue weighted by atomic mass is 16.3. The minimum absolute atomic E-state index is 0.256. The lowest BCUT2D eigenvalue weighted by Crippen LogP contribution is -2.49. The molecule has 1 aromatic rings. The summed E-state index contributed by atoms with van der Waals surface area (Å²) in [6.07, 6.45) is 1.68. The second kappa shape index (κ2) is 6.83. The van der Waals surface area contributed by atoms with Crippen LogP contribution < -0.4 is 11.5 Å². The number of primary amides is 1. The van der Waals surface area contributed by atoms with E-state index < -0.39 is 6.10 Å². The van der Waals surface area contributed by atoms with Crippen molar-refractivity contribution in [2.75, 3.05) is 13.1 Å². The molecule has 0 radical (unpaired) electrons. The largest absolute Gasteiger partial charge is 0.390 e. The van der Waals surface area contributed by atoms with Gasteiger partial charge in [0.15, 0.2) is 0 Å². The molecular weight excluding hydrogens is 254 g/mol. The van der Waals surface area contributed by atoms with Crippen LogP contribution in [0.2, 0.25) is 0 Å². The predicted molar refractivity (Wildman–Crippen MR) is 77.9 cm³/mol. The Morgan fingerprint density at radius 2 is 2.10 bits per heavy atom. The number of nitrogens with two attached hydrogens (primary N) is 2. The van der Waals surface area contributed by atoms with Crippen molar-refractivity contribution in [2.45, 2.75) is 37.5 Å². The summed E-state index contributed by atoms with van der Waals surface area (Å²) in [5.41, 5.74) is 12.5. The molecule has 1 aliphatic heterocycles. The fourth-order valence-electron chi connectivity index (χ4n) is 2.76. The zero-order valence-corrected chi connectivity index (χ0v) is 11.6. The molecule has 3 atom stereocenters. The van der Waals surface area contributed by atoms with Crippen LogP contribution in [-0.4, -0.2) is 47.2 Å². The first-order valence-electron chi connectivity index (χ1n) is 7.09. The van der Waals surface area contributed by atoms with Gasteiger partial charge < -0.3 is 16.6 Å². The third kappa shape index (κ3) is 3.79. The third-order valence-corrected chi connectivity index (χ3v) is 3.92. The van der Waals surface area contributed by atoms with Crippen molar-refractivity contribution in [2.24, 2.45) is 11.5 Å². The van der Waals surface area contributed by atoms with Gasteiger partial charge in [-0.05, 0) is 31.4 Å². The maximum Gasteiger partial charge on any atom is 0.234 e. The normalized spacial score (nSPS) is 22.6. The standard InChI is InChI=1S/C15H23N3O2/c16-12(9-11-5-2-1-3-6-11)14(19)10-18-8-4-7-13(18)15(17)20/h1-3,5-6,12-14,19H,4,7-10,16H2,(H2,17,20). The molecule has 0 spiro atoms. The molecule has 1 amide bonds. The number of rotatable bonds is 6. The minimum atomic E-state index is -0.657. The van der Waals surface area contributed by atoms with Crippen LogP contribution in [0, 0.1) is 0 Å². The molecule has 0 aromatic heterocycles. The second-order valence-electron chi connectivity index (χ2n) is 5.48. The molecule has 2 rings (SSSR count). The number of carbonyl (C=O) groups excluding carboxylic acids is 1. The monoisotopic (exact) mass is 277 g/mol. The van der Waals surface area contributed by atoms with Crippen molar-refractivity contribution >= 4 is 5.91 Å². The van der Waals surface area contributed by atoms with Crippen LogP contribution >= 0.6 is 0 Å². The molecule has 5 nitrogen and oxygen atoms in total. The number of carbonyl (C=O) groups is 1. The fourth-order valence-corrected chi connectivity index (χ4v) is 2.76. The van der Waals surface area contributed by atoms with Crippen LogP contribution in [0.4, 0.5) is 0 Å². The lowest BCUT2D eigenvalue weighted by molar-refractivity contribution is -0.122. The summed E-state index contributed by atoms with van der Waals surface area (Å²) in [6.45, 7) is 1.20. The molecule has 1 aliphatic rings. The van der Waals surface area contributed by atoms with Crippen molar-refractivity contribution in [1.29, 1.82) is 0 Å². The first-order valence-corrected chi connectivity index (χ1v) is 7.09. The Kier molecular flexibility index (Phi) is 5.11. The van der Waals surface area contributed by atoms with Crippen LogP contribution in [-0.2, 0) is 11.2 Å². The Balaban J connectivity index is 1.87. The lowest BCUT2D eigenvalue weighted by Gasteiger charge is -2.27. The van der Waals surface area contributed by atoms with E-state index in [2.05, 4.69) is 0 Å². The Morgan fingerprint density at radius 3 is 2.75 bits per heavy atom. The maximum atomic E-state index is 11.3. The Bertz CT molecular complexity index is 438. The second-order valence-corrected chi connectivity index (χ2v) is 5.48. The molecule has 1 aromatic carbocycles. The number of hydrogen-bond acceptors (Lipinski definition) is 4. The molecule has 3 unspecified atom stereocenters. The number of β-amino-alcohol motifs (C(OH)–C–C–N with tert-alkyl or cyclic N) is 1. The third-order valence-electron chi connectivity index (χ3n) is 3.92. The summed E-state index contributed by atoms with van der Waals surface area (Å²) < 4.78 is 0. The highest BCUT2D eigenvalue weighted by molar-refractivity contribution is 5.80. The van der Waals surface area contributed by atoms with Crippen LogP contribution in [0.1, 0.15) is 18.4 Å². The van der Waals surface area contributed by atoms with Gasteiger partial charge in [-0.15, -0.1) is 0 Å². The number of likely N-dealkylation sites (tertiary alicyclic amines) is 1. The average molecular weight is 277 g/mol. The summed E-state index contributed by atoms with van der Waals surface area (Å²) >= 11 is 0. The van der Waals surface area contributed by atoms with E-state index >= 15 is 0 Å². The van der Waals surface area contributed by atoms with E-state index in [0.29, 0.717) is 13.0 Å². The van der Waals surface area contributed by atoms with Crippen molar-refractivity contribution in [3.05, 3.63) is 35.9 Å². The van der Waals surface area contributed by atoms with E-state index in [-0.39, 0.29) is 18.0 Å². The van der Waals surface area contributed by atoms with E-state index in [4.69, 9.17) is 11.5 Å². The minimum Gasteiger partial charge on any atom is -0.390 e. The molecular formula is C15H23N3O2. The van der Waals surface area contributed by atoms with Crippen LogP contribution in [0.3, 0.4) is 0 Å². The summed E-state index contributed by atoms with van der Waals surface area (Å²) in [5, 5.41) is 10.2. The Hall–Kier alpha value is -1.43. The molecule has 0 saturated carbocycles. The molecule has 0 bridgehead atoms. The van der Waals surface area contributed by atoms with Gasteiger partial charge in [0.1, 0.15) is 0 Å². The summed E-state index contributed by atoms with van der Waals surface area (Å²) in [7, 11) is 0. The molecule has 1 fully saturated rings. The summed E-state index contributed by atoms with van der Waals surface area (Å²) in [6, 6.07) is 9.26. The number of aliphatic hydroxyl groups is 1. The van der Waals surface area contributed by atoms with Crippen molar-refractivity contribution in [3.8, 4) is 0 Å². The van der Waals surface area contributed by atoms with Crippen LogP contribution in [0.5, 0.6) is 0 Å². The van der Waals surface area contributed by atoms with Gasteiger partial charge in [-0.2, -0.15) is 0 Å². The lowest BCUT2D eigenvalue weighted by atomic mass is 10.0. The molecule has 1 saturated heterocycles. The molecule has 20 heavy (non-hydrogen) atoms. The van der Waals surface area contributed by atoms with E-state index in [9.17, 15) is 9.90 Å². The predicted octanol–water partition coefficient (Wildman–Crippen LogP) is -0.133. The highest BCUT2D eigenvalue weighted by Crippen LogP contribution is 2.17. The fraction of sp³-hybridized carbons (Fsp3) is 0.533. The van der Waals surface area contributed by atoms with E-state index in [1.807, 2.05) is 35.2 Å². The average Bonchev–Trinajstić information content (AvgIpc) is 2.88. The Morgan fingerprint density at radius 1 is 1.40 bits per heavy atom. The number of nitrogens with zero attached hydrogens (tertiary/aromatic N) is 1. The van der Waals surface area contributed by atoms with E-state index in [1.165, 1.54) is 0 Å². The highest BCUT2D eigenvalue weighted by Gasteiger charge is 2.31. The van der Waals surface area contributed by atoms with Crippen molar-refractivity contribution < 1.29 is 9.90 Å². The maximum absolute atomic E-state index is 11.3. The molecule has 5 N–H and O–H groups in total.